The van der Waals surface area contributed by atoms with Crippen molar-refractivity contribution in [3.8, 4) is 17.1 Å². The third-order valence-electron chi connectivity index (χ3n) is 5.40. The van der Waals surface area contributed by atoms with E-state index in [9.17, 15) is 9.18 Å². The smallest absolute Gasteiger partial charge is 0.236 e. The molecule has 7 nitrogen and oxygen atoms in total. The molecule has 168 valence electrons. The maximum Gasteiger partial charge on any atom is 0.236 e. The summed E-state index contributed by atoms with van der Waals surface area (Å²) < 4.78 is 18.0. The van der Waals surface area contributed by atoms with Gasteiger partial charge in [-0.15, -0.1) is 10.2 Å². The lowest BCUT2D eigenvalue weighted by Gasteiger charge is -2.10. The van der Waals surface area contributed by atoms with Crippen molar-refractivity contribution >= 4 is 23.5 Å². The van der Waals surface area contributed by atoms with Crippen LogP contribution in [0.15, 0.2) is 59.8 Å². The summed E-state index contributed by atoms with van der Waals surface area (Å²) in [5.74, 6) is 0.761. The van der Waals surface area contributed by atoms with Crippen molar-refractivity contribution in [2.45, 2.75) is 37.9 Å². The van der Waals surface area contributed by atoms with E-state index in [2.05, 4.69) is 20.6 Å². The third-order valence-corrected chi connectivity index (χ3v) is 6.34. The molecule has 1 amide bonds. The van der Waals surface area contributed by atoms with E-state index < -0.39 is 0 Å². The Morgan fingerprint density at radius 3 is 2.61 bits per heavy atom. The Labute approximate surface area is 195 Å². The number of carbonyl (C=O) groups is 1. The number of halogens is 1. The van der Waals surface area contributed by atoms with E-state index in [0.29, 0.717) is 22.4 Å². The van der Waals surface area contributed by atoms with E-state index in [-0.39, 0.29) is 23.5 Å². The molecule has 2 aromatic heterocycles. The summed E-state index contributed by atoms with van der Waals surface area (Å²) in [6, 6.07) is 16.6. The van der Waals surface area contributed by atoms with Crippen molar-refractivity contribution in [2.24, 2.45) is 0 Å². The highest BCUT2D eigenvalue weighted by molar-refractivity contribution is 7.99. The molecule has 0 bridgehead atoms. The molecular formula is C24H23FN6OS. The molecule has 0 atom stereocenters. The van der Waals surface area contributed by atoms with E-state index in [0.717, 1.165) is 29.8 Å². The van der Waals surface area contributed by atoms with Gasteiger partial charge in [-0.05, 0) is 51.0 Å². The normalized spacial score (nSPS) is 13.3. The minimum atomic E-state index is -0.333. The number of hydrogen-bond donors (Lipinski definition) is 1. The second-order valence-electron chi connectivity index (χ2n) is 8.14. The molecule has 0 aliphatic heterocycles. The maximum absolute atomic E-state index is 14.3. The van der Waals surface area contributed by atoms with Crippen LogP contribution in [-0.2, 0) is 4.79 Å². The third kappa shape index (κ3) is 4.54. The van der Waals surface area contributed by atoms with Gasteiger partial charge in [0, 0.05) is 12.1 Å². The number of rotatable bonds is 7. The molecule has 1 N–H and O–H groups in total. The predicted octanol–water partition coefficient (Wildman–Crippen LogP) is 4.95. The van der Waals surface area contributed by atoms with Crippen LogP contribution in [0.3, 0.4) is 0 Å². The number of carbonyl (C=O) groups excluding carboxylic acids is 1. The topological polar surface area (TPSA) is 77.6 Å². The van der Waals surface area contributed by atoms with Gasteiger partial charge >= 0.3 is 0 Å². The number of aryl methyl sites for hydroxylation is 2. The minimum absolute atomic E-state index is 0.153. The Morgan fingerprint density at radius 1 is 1.12 bits per heavy atom. The lowest BCUT2D eigenvalue weighted by Crippen LogP contribution is -2.17. The zero-order chi connectivity index (χ0) is 22.9. The zero-order valence-corrected chi connectivity index (χ0v) is 19.1. The first kappa shape index (κ1) is 21.4. The first-order valence-corrected chi connectivity index (χ1v) is 11.7. The van der Waals surface area contributed by atoms with Gasteiger partial charge in [0.2, 0.25) is 5.91 Å². The first-order chi connectivity index (χ1) is 16.0. The highest BCUT2D eigenvalue weighted by atomic mass is 32.2. The quantitative estimate of drug-likeness (QED) is 0.393. The molecule has 4 aromatic rings. The highest BCUT2D eigenvalue weighted by Gasteiger charge is 2.31. The molecule has 0 unspecified atom stereocenters. The number of aromatic nitrogens is 5. The van der Waals surface area contributed by atoms with Crippen LogP contribution in [-0.4, -0.2) is 36.2 Å². The van der Waals surface area contributed by atoms with Crippen molar-refractivity contribution in [3.63, 3.8) is 0 Å². The average Bonchev–Trinajstić information content (AvgIpc) is 3.45. The largest absolute Gasteiger partial charge is 0.310 e. The molecule has 0 radical (unpaired) electrons. The van der Waals surface area contributed by atoms with Crippen LogP contribution in [0.5, 0.6) is 0 Å². The number of nitrogens with one attached hydrogen (secondary N) is 1. The van der Waals surface area contributed by atoms with Gasteiger partial charge in [-0.3, -0.25) is 9.36 Å². The summed E-state index contributed by atoms with van der Waals surface area (Å²) in [5, 5.41) is 16.6. The second-order valence-corrected chi connectivity index (χ2v) is 9.08. The van der Waals surface area contributed by atoms with Gasteiger partial charge in [-0.1, -0.05) is 41.6 Å². The maximum atomic E-state index is 14.3. The Hall–Kier alpha value is -3.46. The zero-order valence-electron chi connectivity index (χ0n) is 18.3. The first-order valence-electron chi connectivity index (χ1n) is 10.8. The number of amides is 1. The van der Waals surface area contributed by atoms with Crippen molar-refractivity contribution in [1.82, 2.24) is 24.5 Å². The summed E-state index contributed by atoms with van der Waals surface area (Å²) in [4.78, 5) is 12.8. The van der Waals surface area contributed by atoms with Gasteiger partial charge in [-0.25, -0.2) is 9.07 Å². The Morgan fingerprint density at radius 2 is 1.88 bits per heavy atom. The molecular weight excluding hydrogens is 439 g/mol. The Kier molecular flexibility index (Phi) is 5.72. The van der Waals surface area contributed by atoms with E-state index in [4.69, 9.17) is 0 Å². The average molecular weight is 463 g/mol. The summed E-state index contributed by atoms with van der Waals surface area (Å²) in [5.41, 5.74) is 3.26. The van der Waals surface area contributed by atoms with Crippen LogP contribution in [0, 0.1) is 19.7 Å². The minimum Gasteiger partial charge on any atom is -0.310 e. The SMILES string of the molecule is Cc1ccc(-n2nc(C)cc2NC(=O)CSc2nnc(-c3ccccc3F)n2C2CC2)cc1. The fraction of sp³-hybridized carbons (Fsp3) is 0.250. The van der Waals surface area contributed by atoms with Gasteiger partial charge in [0.1, 0.15) is 11.6 Å². The lowest BCUT2D eigenvalue weighted by molar-refractivity contribution is -0.113. The van der Waals surface area contributed by atoms with Crippen LogP contribution in [0.2, 0.25) is 0 Å². The predicted molar refractivity (Wildman–Crippen MR) is 126 cm³/mol. The van der Waals surface area contributed by atoms with Gasteiger partial charge < -0.3 is 5.32 Å². The highest BCUT2D eigenvalue weighted by Crippen LogP contribution is 2.41. The molecule has 1 aliphatic rings. The molecule has 2 heterocycles. The van der Waals surface area contributed by atoms with E-state index in [1.165, 1.54) is 17.8 Å². The number of hydrogen-bond acceptors (Lipinski definition) is 5. The van der Waals surface area contributed by atoms with Crippen LogP contribution >= 0.6 is 11.8 Å². The number of benzene rings is 2. The summed E-state index contributed by atoms with van der Waals surface area (Å²) in [6.45, 7) is 3.91. The number of thioether (sulfide) groups is 1. The van der Waals surface area contributed by atoms with Gasteiger partial charge in [0.05, 0.1) is 22.7 Å². The molecule has 1 saturated carbocycles. The van der Waals surface area contributed by atoms with Crippen LogP contribution in [0.4, 0.5) is 10.2 Å². The molecule has 0 saturated heterocycles. The van der Waals surface area contributed by atoms with Gasteiger partial charge in [0.15, 0.2) is 11.0 Å². The van der Waals surface area contributed by atoms with Crippen LogP contribution in [0.1, 0.15) is 30.1 Å². The fourth-order valence-corrected chi connectivity index (χ4v) is 4.45. The molecule has 5 rings (SSSR count). The molecule has 2 aromatic carbocycles. The second kappa shape index (κ2) is 8.82. The monoisotopic (exact) mass is 462 g/mol. The Bertz CT molecular complexity index is 1310. The van der Waals surface area contributed by atoms with E-state index in [1.807, 2.05) is 48.7 Å². The Balaban J connectivity index is 1.32. The summed E-state index contributed by atoms with van der Waals surface area (Å²) in [6.07, 6.45) is 1.99. The standard InChI is InChI=1S/C24H23FN6OS/c1-15-7-9-18(10-8-15)31-21(13-16(2)29-31)26-22(32)14-33-24-28-27-23(30(24)17-11-12-17)19-5-3-4-6-20(19)25/h3-10,13,17H,11-12,14H2,1-2H3,(H,26,32). The molecule has 0 spiro atoms. The molecule has 9 heteroatoms. The molecule has 1 fully saturated rings. The van der Waals surface area contributed by atoms with Gasteiger partial charge in [0.25, 0.3) is 0 Å². The van der Waals surface area contributed by atoms with Crippen molar-refractivity contribution in [2.75, 3.05) is 11.1 Å². The van der Waals surface area contributed by atoms with Crippen LogP contribution < -0.4 is 5.32 Å². The van der Waals surface area contributed by atoms with Crippen molar-refractivity contribution in [1.29, 1.82) is 0 Å². The lowest BCUT2D eigenvalue weighted by atomic mass is 10.2. The van der Waals surface area contributed by atoms with Crippen molar-refractivity contribution in [3.05, 3.63) is 71.7 Å². The van der Waals surface area contributed by atoms with E-state index in [1.54, 1.807) is 22.9 Å². The number of nitrogens with zero attached hydrogens (tertiary/aromatic N) is 5. The van der Waals surface area contributed by atoms with Gasteiger partial charge in [-0.2, -0.15) is 5.10 Å². The summed E-state index contributed by atoms with van der Waals surface area (Å²) >= 11 is 1.30. The summed E-state index contributed by atoms with van der Waals surface area (Å²) in [7, 11) is 0. The van der Waals surface area contributed by atoms with Crippen LogP contribution in [0.25, 0.3) is 17.1 Å². The van der Waals surface area contributed by atoms with E-state index >= 15 is 0 Å². The molecule has 33 heavy (non-hydrogen) atoms. The fourth-order valence-electron chi connectivity index (χ4n) is 3.64. The number of anilines is 1. The molecule has 1 aliphatic carbocycles. The van der Waals surface area contributed by atoms with Crippen molar-refractivity contribution < 1.29 is 9.18 Å².